The van der Waals surface area contributed by atoms with Crippen LogP contribution in [0.2, 0.25) is 0 Å². The highest BCUT2D eigenvalue weighted by molar-refractivity contribution is 5.79. The fraction of sp³-hybridized carbons (Fsp3) is 0.882. The Morgan fingerprint density at radius 2 is 1.19 bits per heavy atom. The van der Waals surface area contributed by atoms with Crippen LogP contribution >= 0.6 is 0 Å². The number of nitrogens with two attached hydrogens (primary N) is 1. The van der Waals surface area contributed by atoms with Crippen LogP contribution in [0.1, 0.15) is 154 Å². The predicted molar refractivity (Wildman–Crippen MR) is 171 cm³/mol. The van der Waals surface area contributed by atoms with Crippen molar-refractivity contribution in [2.75, 3.05) is 20.3 Å². The molecule has 1 rings (SSSR count). The molecule has 0 spiro atoms. The van der Waals surface area contributed by atoms with Crippen molar-refractivity contribution < 1.29 is 29.0 Å². The third kappa shape index (κ3) is 23.0. The number of aliphatic carboxylic acids is 1. The second-order valence-electron chi connectivity index (χ2n) is 12.7. The lowest BCUT2D eigenvalue weighted by Gasteiger charge is -2.29. The number of carbonyl (C=O) groups excluding carboxylic acids is 3. The highest BCUT2D eigenvalue weighted by Crippen LogP contribution is 2.29. The van der Waals surface area contributed by atoms with E-state index < -0.39 is 5.97 Å². The van der Waals surface area contributed by atoms with Crippen molar-refractivity contribution in [3.8, 4) is 0 Å². The van der Waals surface area contributed by atoms with E-state index in [1.807, 2.05) is 0 Å². The second-order valence-corrected chi connectivity index (χ2v) is 12.7. The summed E-state index contributed by atoms with van der Waals surface area (Å²) in [7, 11) is 1.58. The number of primary amides is 1. The molecule has 0 aromatic rings. The number of amides is 3. The monoisotopic (exact) mass is 609 g/mol. The fourth-order valence-corrected chi connectivity index (χ4v) is 6.05. The Kier molecular flexibility index (Phi) is 23.7. The molecule has 3 amide bonds. The standard InChI is InChI=1S/C34H63N3O6/c1-43-27-30(24-25-31(35)38)37-34(42)29-22-20-28(21-23-29)26-36-32(39)18-16-14-12-10-8-6-4-2-3-5-7-9-11-13-15-17-19-33(40)41/h28-30H,2-27H2,1H3,(H2,35,38)(H,36,39)(H,37,42)(H,40,41). The molecule has 0 saturated heterocycles. The normalized spacial score (nSPS) is 17.3. The molecule has 43 heavy (non-hydrogen) atoms. The number of rotatable bonds is 28. The lowest BCUT2D eigenvalue weighted by molar-refractivity contribution is -0.137. The van der Waals surface area contributed by atoms with Gasteiger partial charge in [-0.05, 0) is 50.9 Å². The van der Waals surface area contributed by atoms with Crippen LogP contribution < -0.4 is 16.4 Å². The summed E-state index contributed by atoms with van der Waals surface area (Å²) in [5, 5.41) is 14.8. The number of unbranched alkanes of at least 4 members (excludes halogenated alkanes) is 15. The highest BCUT2D eigenvalue weighted by atomic mass is 16.5. The SMILES string of the molecule is COCC(CCC(N)=O)NC(=O)C1CCC(CNC(=O)CCCCCCCCCCCCCCCCCCC(=O)O)CC1. The summed E-state index contributed by atoms with van der Waals surface area (Å²) in [5.41, 5.74) is 5.24. The van der Waals surface area contributed by atoms with Crippen LogP contribution in [0.3, 0.4) is 0 Å². The van der Waals surface area contributed by atoms with Gasteiger partial charge < -0.3 is 26.2 Å². The molecule has 0 aliphatic heterocycles. The Balaban J connectivity index is 1.92. The summed E-state index contributed by atoms with van der Waals surface area (Å²) < 4.78 is 5.17. The molecule has 250 valence electrons. The van der Waals surface area contributed by atoms with Crippen LogP contribution in [0.4, 0.5) is 0 Å². The van der Waals surface area contributed by atoms with Gasteiger partial charge >= 0.3 is 5.97 Å². The molecule has 5 N–H and O–H groups in total. The van der Waals surface area contributed by atoms with Gasteiger partial charge in [-0.15, -0.1) is 0 Å². The number of carbonyl (C=O) groups is 4. The number of nitrogens with one attached hydrogen (secondary N) is 2. The summed E-state index contributed by atoms with van der Waals surface area (Å²) in [5.74, 6) is -0.472. The maximum Gasteiger partial charge on any atom is 0.303 e. The van der Waals surface area contributed by atoms with Crippen LogP contribution in [0.15, 0.2) is 0 Å². The van der Waals surface area contributed by atoms with Crippen molar-refractivity contribution in [3.05, 3.63) is 0 Å². The van der Waals surface area contributed by atoms with E-state index >= 15 is 0 Å². The minimum absolute atomic E-state index is 0.0231. The molecule has 0 bridgehead atoms. The number of hydrogen-bond acceptors (Lipinski definition) is 5. The Hall–Kier alpha value is -2.16. The molecule has 1 unspecified atom stereocenters. The zero-order valence-corrected chi connectivity index (χ0v) is 27.2. The first-order valence-corrected chi connectivity index (χ1v) is 17.4. The number of methoxy groups -OCH3 is 1. The molecule has 1 fully saturated rings. The molecule has 0 aromatic carbocycles. The first-order chi connectivity index (χ1) is 20.8. The number of carboxylic acids is 1. The van der Waals surface area contributed by atoms with Gasteiger partial charge in [-0.1, -0.05) is 89.9 Å². The van der Waals surface area contributed by atoms with Crippen molar-refractivity contribution in [2.45, 2.75) is 160 Å². The zero-order valence-electron chi connectivity index (χ0n) is 27.2. The van der Waals surface area contributed by atoms with Crippen LogP contribution in [0, 0.1) is 11.8 Å². The van der Waals surface area contributed by atoms with E-state index in [0.717, 1.165) is 51.4 Å². The molecule has 1 aliphatic rings. The number of hydrogen-bond donors (Lipinski definition) is 4. The van der Waals surface area contributed by atoms with Crippen molar-refractivity contribution in [1.82, 2.24) is 10.6 Å². The second kappa shape index (κ2) is 26.3. The van der Waals surface area contributed by atoms with Gasteiger partial charge in [-0.25, -0.2) is 0 Å². The Morgan fingerprint density at radius 3 is 1.63 bits per heavy atom. The lowest BCUT2D eigenvalue weighted by Crippen LogP contribution is -2.43. The minimum atomic E-state index is -0.679. The highest BCUT2D eigenvalue weighted by Gasteiger charge is 2.27. The molecule has 1 aliphatic carbocycles. The summed E-state index contributed by atoms with van der Waals surface area (Å²) in [4.78, 5) is 46.5. The molecule has 9 nitrogen and oxygen atoms in total. The first-order valence-electron chi connectivity index (χ1n) is 17.4. The summed E-state index contributed by atoms with van der Waals surface area (Å²) >= 11 is 0. The Bertz CT molecular complexity index is 754. The molecule has 0 radical (unpaired) electrons. The first kappa shape index (κ1) is 38.9. The predicted octanol–water partition coefficient (Wildman–Crippen LogP) is 6.41. The van der Waals surface area contributed by atoms with E-state index in [0.29, 0.717) is 38.3 Å². The summed E-state index contributed by atoms with van der Waals surface area (Å²) in [6, 6.07) is -0.200. The van der Waals surface area contributed by atoms with Gasteiger partial charge in [0, 0.05) is 38.8 Å². The van der Waals surface area contributed by atoms with Gasteiger partial charge in [0.15, 0.2) is 0 Å². The van der Waals surface area contributed by atoms with Crippen LogP contribution in [-0.2, 0) is 23.9 Å². The van der Waals surface area contributed by atoms with Crippen molar-refractivity contribution in [1.29, 1.82) is 0 Å². The van der Waals surface area contributed by atoms with Crippen molar-refractivity contribution in [2.24, 2.45) is 17.6 Å². The van der Waals surface area contributed by atoms with E-state index in [2.05, 4.69) is 10.6 Å². The number of carboxylic acid groups (broad SMARTS) is 1. The Morgan fingerprint density at radius 1 is 0.721 bits per heavy atom. The van der Waals surface area contributed by atoms with E-state index in [-0.39, 0.29) is 36.1 Å². The fourth-order valence-electron chi connectivity index (χ4n) is 6.05. The molecule has 0 aromatic heterocycles. The van der Waals surface area contributed by atoms with Gasteiger partial charge in [0.2, 0.25) is 17.7 Å². The van der Waals surface area contributed by atoms with Crippen molar-refractivity contribution in [3.63, 3.8) is 0 Å². The van der Waals surface area contributed by atoms with E-state index in [1.54, 1.807) is 7.11 Å². The minimum Gasteiger partial charge on any atom is -0.481 e. The molecule has 9 heteroatoms. The lowest BCUT2D eigenvalue weighted by atomic mass is 9.81. The molecular formula is C34H63N3O6. The van der Waals surface area contributed by atoms with Gasteiger partial charge in [-0.3, -0.25) is 19.2 Å². The smallest absolute Gasteiger partial charge is 0.303 e. The summed E-state index contributed by atoms with van der Waals surface area (Å²) in [6.07, 6.45) is 24.5. The zero-order chi connectivity index (χ0) is 31.5. The van der Waals surface area contributed by atoms with Crippen LogP contribution in [0.5, 0.6) is 0 Å². The molecule has 0 heterocycles. The maximum atomic E-state index is 12.7. The van der Waals surface area contributed by atoms with Gasteiger partial charge in [-0.2, -0.15) is 0 Å². The molecule has 1 atom stereocenters. The van der Waals surface area contributed by atoms with Crippen LogP contribution in [-0.4, -0.2) is 55.1 Å². The van der Waals surface area contributed by atoms with E-state index in [1.165, 1.54) is 77.0 Å². The quantitative estimate of drug-likeness (QED) is 0.0753. The average Bonchev–Trinajstić information content (AvgIpc) is 2.98. The van der Waals surface area contributed by atoms with E-state index in [9.17, 15) is 19.2 Å². The maximum absolute atomic E-state index is 12.7. The molecule has 1 saturated carbocycles. The van der Waals surface area contributed by atoms with Gasteiger partial charge in [0.1, 0.15) is 0 Å². The molecular weight excluding hydrogens is 546 g/mol. The van der Waals surface area contributed by atoms with Gasteiger partial charge in [0.05, 0.1) is 12.6 Å². The number of ether oxygens (including phenoxy) is 1. The van der Waals surface area contributed by atoms with E-state index in [4.69, 9.17) is 15.6 Å². The average molecular weight is 610 g/mol. The van der Waals surface area contributed by atoms with Crippen molar-refractivity contribution >= 4 is 23.7 Å². The third-order valence-electron chi connectivity index (χ3n) is 8.80. The Labute approximate surface area is 261 Å². The van der Waals surface area contributed by atoms with Crippen LogP contribution in [0.25, 0.3) is 0 Å². The summed E-state index contributed by atoms with van der Waals surface area (Å²) in [6.45, 7) is 1.07. The topological polar surface area (TPSA) is 148 Å². The third-order valence-corrected chi connectivity index (χ3v) is 8.80. The largest absolute Gasteiger partial charge is 0.481 e. The van der Waals surface area contributed by atoms with Gasteiger partial charge in [0.25, 0.3) is 0 Å².